The number of ether oxygens (including phenoxy) is 1. The first kappa shape index (κ1) is 13.5. The molecule has 0 fully saturated rings. The quantitative estimate of drug-likeness (QED) is 0.873. The van der Waals surface area contributed by atoms with E-state index in [1.807, 2.05) is 0 Å². The lowest BCUT2D eigenvalue weighted by Gasteiger charge is -2.05. The molecule has 102 valence electrons. The Morgan fingerprint density at radius 3 is 2.45 bits per heavy atom. The molecule has 0 aliphatic rings. The Bertz CT molecular complexity index is 623. The van der Waals surface area contributed by atoms with Gasteiger partial charge in [0, 0.05) is 12.3 Å². The van der Waals surface area contributed by atoms with E-state index in [0.29, 0.717) is 17.1 Å². The minimum absolute atomic E-state index is 0.0888. The van der Waals surface area contributed by atoms with Crippen LogP contribution in [0.3, 0.4) is 0 Å². The van der Waals surface area contributed by atoms with Crippen molar-refractivity contribution in [1.82, 2.24) is 9.97 Å². The predicted molar refractivity (Wildman–Crippen MR) is 69.9 cm³/mol. The summed E-state index contributed by atoms with van der Waals surface area (Å²) in [5, 5.41) is 11.3. The van der Waals surface area contributed by atoms with Gasteiger partial charge in [0.05, 0.1) is 24.6 Å². The molecule has 20 heavy (non-hydrogen) atoms. The van der Waals surface area contributed by atoms with E-state index in [1.54, 1.807) is 12.1 Å². The smallest absolute Gasteiger partial charge is 0.354 e. The van der Waals surface area contributed by atoms with E-state index in [0.717, 1.165) is 0 Å². The third-order valence-corrected chi connectivity index (χ3v) is 2.45. The molecule has 0 bridgehead atoms. The van der Waals surface area contributed by atoms with Crippen LogP contribution in [-0.4, -0.2) is 34.1 Å². The van der Waals surface area contributed by atoms with E-state index < -0.39 is 5.97 Å². The summed E-state index contributed by atoms with van der Waals surface area (Å²) in [6.45, 7) is 0. The lowest BCUT2D eigenvalue weighted by Crippen LogP contribution is -2.12. The van der Waals surface area contributed by atoms with Crippen LogP contribution in [0.25, 0.3) is 0 Å². The number of anilines is 1. The van der Waals surface area contributed by atoms with Gasteiger partial charge in [-0.2, -0.15) is 0 Å². The van der Waals surface area contributed by atoms with Gasteiger partial charge in [0.25, 0.3) is 5.91 Å². The number of carboxylic acids is 1. The van der Waals surface area contributed by atoms with Crippen molar-refractivity contribution in [1.29, 1.82) is 0 Å². The van der Waals surface area contributed by atoms with Crippen LogP contribution < -0.4 is 10.1 Å². The average molecular weight is 273 g/mol. The minimum atomic E-state index is -1.12. The van der Waals surface area contributed by atoms with Gasteiger partial charge in [0.2, 0.25) is 5.88 Å². The highest BCUT2D eigenvalue weighted by atomic mass is 16.5. The van der Waals surface area contributed by atoms with Crippen LogP contribution in [0.2, 0.25) is 0 Å². The molecular formula is C13H11N3O4. The molecule has 7 nitrogen and oxygen atoms in total. The standard InChI is InChI=1S/C13H11N3O4/c1-20-11-5-2-8(6-15-11)12(17)16-9-3-4-10(13(18)19)14-7-9/h2-7H,1H3,(H,16,17)(H,18,19). The van der Waals surface area contributed by atoms with Crippen LogP contribution in [0.4, 0.5) is 5.69 Å². The Hall–Kier alpha value is -2.96. The number of pyridine rings is 2. The Morgan fingerprint density at radius 1 is 1.15 bits per heavy atom. The molecule has 0 unspecified atom stereocenters. The number of aromatic carboxylic acids is 1. The summed E-state index contributed by atoms with van der Waals surface area (Å²) < 4.78 is 4.89. The number of nitrogens with one attached hydrogen (secondary N) is 1. The maximum atomic E-state index is 11.9. The van der Waals surface area contributed by atoms with Crippen molar-refractivity contribution in [3.63, 3.8) is 0 Å². The normalized spacial score (nSPS) is 9.85. The van der Waals surface area contributed by atoms with Gasteiger partial charge in [-0.25, -0.2) is 14.8 Å². The zero-order valence-electron chi connectivity index (χ0n) is 10.5. The number of methoxy groups -OCH3 is 1. The first-order valence-corrected chi connectivity index (χ1v) is 5.61. The molecule has 0 spiro atoms. The average Bonchev–Trinajstić information content (AvgIpc) is 2.48. The Labute approximate surface area is 114 Å². The van der Waals surface area contributed by atoms with Gasteiger partial charge in [0.1, 0.15) is 5.69 Å². The molecule has 2 aromatic heterocycles. The number of nitrogens with zero attached hydrogens (tertiary/aromatic N) is 2. The number of carbonyl (C=O) groups is 2. The van der Waals surface area contributed by atoms with Crippen molar-refractivity contribution >= 4 is 17.6 Å². The second-order valence-corrected chi connectivity index (χ2v) is 3.78. The molecule has 0 saturated heterocycles. The van der Waals surface area contributed by atoms with Crippen LogP contribution in [0.1, 0.15) is 20.8 Å². The third-order valence-electron chi connectivity index (χ3n) is 2.45. The molecule has 2 N–H and O–H groups in total. The zero-order chi connectivity index (χ0) is 14.5. The summed E-state index contributed by atoms with van der Waals surface area (Å²) in [5.74, 6) is -1.08. The summed E-state index contributed by atoms with van der Waals surface area (Å²) in [5.41, 5.74) is 0.665. The first-order chi connectivity index (χ1) is 9.60. The number of rotatable bonds is 4. The minimum Gasteiger partial charge on any atom is -0.481 e. The number of aromatic nitrogens is 2. The van der Waals surface area contributed by atoms with Gasteiger partial charge in [0.15, 0.2) is 0 Å². The van der Waals surface area contributed by atoms with Gasteiger partial charge < -0.3 is 15.2 Å². The molecule has 1 amide bonds. The summed E-state index contributed by atoms with van der Waals surface area (Å²) in [4.78, 5) is 30.2. The van der Waals surface area contributed by atoms with E-state index in [9.17, 15) is 9.59 Å². The van der Waals surface area contributed by atoms with E-state index in [2.05, 4.69) is 15.3 Å². The Balaban J connectivity index is 2.08. The number of hydrogen-bond donors (Lipinski definition) is 2. The molecular weight excluding hydrogens is 262 g/mol. The lowest BCUT2D eigenvalue weighted by molar-refractivity contribution is 0.0690. The van der Waals surface area contributed by atoms with Crippen LogP contribution in [0.15, 0.2) is 36.7 Å². The van der Waals surface area contributed by atoms with Crippen LogP contribution in [-0.2, 0) is 0 Å². The van der Waals surface area contributed by atoms with E-state index in [-0.39, 0.29) is 11.6 Å². The lowest BCUT2D eigenvalue weighted by atomic mass is 10.2. The summed E-state index contributed by atoms with van der Waals surface area (Å²) in [6.07, 6.45) is 2.66. The third kappa shape index (κ3) is 3.08. The molecule has 2 aromatic rings. The molecule has 0 saturated carbocycles. The van der Waals surface area contributed by atoms with Crippen molar-refractivity contribution in [2.45, 2.75) is 0 Å². The summed E-state index contributed by atoms with van der Waals surface area (Å²) in [6, 6.07) is 5.91. The van der Waals surface area contributed by atoms with Gasteiger partial charge in [-0.05, 0) is 18.2 Å². The van der Waals surface area contributed by atoms with Gasteiger partial charge in [-0.1, -0.05) is 0 Å². The van der Waals surface area contributed by atoms with E-state index >= 15 is 0 Å². The zero-order valence-corrected chi connectivity index (χ0v) is 10.5. The van der Waals surface area contributed by atoms with Crippen LogP contribution in [0, 0.1) is 0 Å². The van der Waals surface area contributed by atoms with Crippen molar-refractivity contribution in [3.8, 4) is 5.88 Å². The summed E-state index contributed by atoms with van der Waals surface area (Å²) >= 11 is 0. The van der Waals surface area contributed by atoms with Crippen LogP contribution >= 0.6 is 0 Å². The highest BCUT2D eigenvalue weighted by molar-refractivity contribution is 6.04. The van der Waals surface area contributed by atoms with Gasteiger partial charge in [-0.3, -0.25) is 4.79 Å². The maximum Gasteiger partial charge on any atom is 0.354 e. The van der Waals surface area contributed by atoms with Crippen LogP contribution in [0.5, 0.6) is 5.88 Å². The van der Waals surface area contributed by atoms with Crippen molar-refractivity contribution in [2.75, 3.05) is 12.4 Å². The first-order valence-electron chi connectivity index (χ1n) is 5.61. The number of carbonyl (C=O) groups excluding carboxylic acids is 1. The number of carboxylic acid groups (broad SMARTS) is 1. The van der Waals surface area contributed by atoms with E-state index in [1.165, 1.54) is 31.6 Å². The van der Waals surface area contributed by atoms with E-state index in [4.69, 9.17) is 9.84 Å². The predicted octanol–water partition coefficient (Wildman–Crippen LogP) is 1.44. The maximum absolute atomic E-state index is 11.9. The van der Waals surface area contributed by atoms with Gasteiger partial charge in [-0.15, -0.1) is 0 Å². The molecule has 0 aromatic carbocycles. The molecule has 7 heteroatoms. The molecule has 0 atom stereocenters. The Morgan fingerprint density at radius 2 is 1.95 bits per heavy atom. The Kier molecular flexibility index (Phi) is 3.90. The molecule has 0 aliphatic heterocycles. The topological polar surface area (TPSA) is 101 Å². The second-order valence-electron chi connectivity index (χ2n) is 3.78. The number of amides is 1. The largest absolute Gasteiger partial charge is 0.481 e. The fourth-order valence-electron chi connectivity index (χ4n) is 1.43. The molecule has 2 heterocycles. The SMILES string of the molecule is COc1ccc(C(=O)Nc2ccc(C(=O)O)nc2)cn1. The second kappa shape index (κ2) is 5.79. The molecule has 0 aliphatic carbocycles. The number of hydrogen-bond acceptors (Lipinski definition) is 5. The van der Waals surface area contributed by atoms with Crippen molar-refractivity contribution in [2.24, 2.45) is 0 Å². The highest BCUT2D eigenvalue weighted by Crippen LogP contribution is 2.11. The monoisotopic (exact) mass is 273 g/mol. The molecule has 2 rings (SSSR count). The van der Waals surface area contributed by atoms with Crippen molar-refractivity contribution in [3.05, 3.63) is 47.9 Å². The highest BCUT2D eigenvalue weighted by Gasteiger charge is 2.08. The van der Waals surface area contributed by atoms with Crippen molar-refractivity contribution < 1.29 is 19.4 Å². The fourth-order valence-corrected chi connectivity index (χ4v) is 1.43. The molecule has 0 radical (unpaired) electrons. The van der Waals surface area contributed by atoms with Gasteiger partial charge >= 0.3 is 5.97 Å². The fraction of sp³-hybridized carbons (Fsp3) is 0.0769. The summed E-state index contributed by atoms with van der Waals surface area (Å²) in [7, 11) is 1.48.